The van der Waals surface area contributed by atoms with Gasteiger partial charge in [-0.05, 0) is 12.1 Å². The molecule has 0 aliphatic heterocycles. The quantitative estimate of drug-likeness (QED) is 0.376. The van der Waals surface area contributed by atoms with Crippen molar-refractivity contribution in [3.05, 3.63) is 37.3 Å². The monoisotopic (exact) mass is 146 g/mol. The summed E-state index contributed by atoms with van der Waals surface area (Å²) in [6.07, 6.45) is 0. The average molecular weight is 146 g/mol. The molecule has 0 spiro atoms. The van der Waals surface area contributed by atoms with Crippen LogP contribution in [0.1, 0.15) is 6.92 Å². The van der Waals surface area contributed by atoms with Crippen LogP contribution in [0.5, 0.6) is 5.75 Å². The minimum atomic E-state index is 0. The average Bonchev–Trinajstić information content (AvgIpc) is 1.94. The van der Waals surface area contributed by atoms with Gasteiger partial charge in [0.2, 0.25) is 0 Å². The normalized spacial score (nSPS) is 6.60. The zero-order valence-electron chi connectivity index (χ0n) is 6.54. The van der Waals surface area contributed by atoms with Crippen molar-refractivity contribution in [3.63, 3.8) is 0 Å². The molecule has 0 saturated carbocycles. The summed E-state index contributed by atoms with van der Waals surface area (Å²) in [5, 5.41) is 8.63. The van der Waals surface area contributed by atoms with Crippen LogP contribution in [0, 0.1) is 6.92 Å². The molecule has 1 aromatic rings. The number of hydrogen-bond acceptors (Lipinski definition) is 1. The number of para-hydroxylation sites is 1. The van der Waals surface area contributed by atoms with Gasteiger partial charge in [0.1, 0.15) is 5.75 Å². The van der Waals surface area contributed by atoms with Crippen LogP contribution in [0.4, 0.5) is 0 Å². The first kappa shape index (κ1) is 12.7. The van der Waals surface area contributed by atoms with Crippen LogP contribution in [-0.2, 0) is 0 Å². The Balaban J connectivity index is 0. The molecule has 0 radical (unpaired) electrons. The molecule has 0 amide bonds. The summed E-state index contributed by atoms with van der Waals surface area (Å²) in [7, 11) is 0. The molecule has 0 heterocycles. The van der Waals surface area contributed by atoms with Crippen molar-refractivity contribution in [1.29, 1.82) is 0 Å². The van der Waals surface area contributed by atoms with Gasteiger partial charge in [0.05, 0.1) is 0 Å². The second-order valence-electron chi connectivity index (χ2n) is 1.34. The maximum atomic E-state index is 8.63. The first-order chi connectivity index (χ1) is 4.39. The van der Waals surface area contributed by atoms with Gasteiger partial charge in [0, 0.05) is 0 Å². The molecule has 1 nitrogen and oxygen atoms in total. The molecule has 0 unspecified atom stereocenters. The van der Waals surface area contributed by atoms with E-state index in [1.165, 1.54) is 0 Å². The van der Waals surface area contributed by atoms with E-state index in [1.54, 1.807) is 31.2 Å². The number of aromatic hydroxyl groups is 1. The molecule has 0 saturated heterocycles. The maximum absolute atomic E-state index is 8.63. The fraction of sp³-hybridized carbons (Fsp3) is 0.125. The largest absolute Gasteiger partial charge is 1.00 e. The summed E-state index contributed by atoms with van der Waals surface area (Å²) in [5.74, 6) is 0.322. The van der Waals surface area contributed by atoms with Crippen molar-refractivity contribution in [2.45, 2.75) is 6.92 Å². The zero-order valence-corrected chi connectivity index (χ0v) is 8.54. The number of hydrogen-bond donors (Lipinski definition) is 1. The van der Waals surface area contributed by atoms with Crippen molar-refractivity contribution >= 4 is 0 Å². The Morgan fingerprint density at radius 1 is 1.10 bits per heavy atom. The molecule has 0 fully saturated rings. The predicted molar refractivity (Wildman–Crippen MR) is 39.1 cm³/mol. The van der Waals surface area contributed by atoms with Crippen LogP contribution < -0.4 is 29.6 Å². The number of phenolic OH excluding ortho intramolecular Hbond substituents is 1. The third-order valence-corrected chi connectivity index (χ3v) is 0.756. The van der Waals surface area contributed by atoms with Gasteiger partial charge < -0.3 is 12.0 Å². The molecule has 0 aromatic heterocycles. The topological polar surface area (TPSA) is 20.2 Å². The Kier molecular flexibility index (Phi) is 11.4. The maximum Gasteiger partial charge on any atom is 1.00 e. The molecule has 0 atom stereocenters. The van der Waals surface area contributed by atoms with Crippen molar-refractivity contribution in [1.82, 2.24) is 0 Å². The van der Waals surface area contributed by atoms with Crippen molar-refractivity contribution in [2.24, 2.45) is 0 Å². The molecular formula is C8H11NaO. The van der Waals surface area contributed by atoms with Crippen LogP contribution >= 0.6 is 0 Å². The van der Waals surface area contributed by atoms with Gasteiger partial charge in [0.15, 0.2) is 0 Å². The van der Waals surface area contributed by atoms with Crippen LogP contribution in [0.25, 0.3) is 0 Å². The Bertz CT molecular complexity index is 139. The Morgan fingerprint density at radius 3 is 1.70 bits per heavy atom. The van der Waals surface area contributed by atoms with E-state index in [0.717, 1.165) is 0 Å². The predicted octanol–water partition coefficient (Wildman–Crippen LogP) is -0.763. The standard InChI is InChI=1S/C6H6O.C2H5.Na/c7-6-4-2-1-3-5-6;1-2;/h1-5,7H;1H2,2H3;/q;-1;+1. The molecule has 0 aliphatic rings. The van der Waals surface area contributed by atoms with Gasteiger partial charge >= 0.3 is 29.6 Å². The first-order valence-electron chi connectivity index (χ1n) is 2.84. The third-order valence-electron chi connectivity index (χ3n) is 0.756. The van der Waals surface area contributed by atoms with Gasteiger partial charge in [0.25, 0.3) is 0 Å². The number of benzene rings is 1. The Labute approximate surface area is 84.4 Å². The molecule has 1 aromatic carbocycles. The number of phenols is 1. The third kappa shape index (κ3) is 6.14. The Morgan fingerprint density at radius 2 is 1.50 bits per heavy atom. The summed E-state index contributed by atoms with van der Waals surface area (Å²) >= 11 is 0. The van der Waals surface area contributed by atoms with E-state index >= 15 is 0 Å². The summed E-state index contributed by atoms with van der Waals surface area (Å²) in [5.41, 5.74) is 0. The van der Waals surface area contributed by atoms with Gasteiger partial charge in [-0.25, -0.2) is 0 Å². The summed E-state index contributed by atoms with van der Waals surface area (Å²) in [6.45, 7) is 5.00. The van der Waals surface area contributed by atoms with E-state index in [0.29, 0.717) is 5.75 Å². The molecule has 0 bridgehead atoms. The van der Waals surface area contributed by atoms with Crippen LogP contribution in [0.3, 0.4) is 0 Å². The van der Waals surface area contributed by atoms with Gasteiger partial charge in [-0.15, -0.1) is 0 Å². The molecule has 0 aliphatic carbocycles. The first-order valence-corrected chi connectivity index (χ1v) is 2.84. The van der Waals surface area contributed by atoms with E-state index in [4.69, 9.17) is 5.11 Å². The Hall–Kier alpha value is 0.0200. The fourth-order valence-corrected chi connectivity index (χ4v) is 0.428. The minimum Gasteiger partial charge on any atom is -0.508 e. The van der Waals surface area contributed by atoms with E-state index in [1.807, 2.05) is 6.07 Å². The number of rotatable bonds is 0. The van der Waals surface area contributed by atoms with Crippen LogP contribution in [-0.4, -0.2) is 5.11 Å². The second kappa shape index (κ2) is 9.02. The van der Waals surface area contributed by atoms with Gasteiger partial charge in [-0.2, -0.15) is 6.92 Å². The van der Waals surface area contributed by atoms with E-state index in [2.05, 4.69) is 6.92 Å². The molecule has 2 heteroatoms. The zero-order chi connectivity index (χ0) is 7.11. The molecule has 1 rings (SSSR count). The summed E-state index contributed by atoms with van der Waals surface area (Å²) in [6, 6.07) is 8.71. The van der Waals surface area contributed by atoms with Crippen molar-refractivity contribution < 1.29 is 34.7 Å². The van der Waals surface area contributed by atoms with Crippen molar-refractivity contribution in [3.8, 4) is 5.75 Å². The minimum absolute atomic E-state index is 0. The summed E-state index contributed by atoms with van der Waals surface area (Å²) in [4.78, 5) is 0. The van der Waals surface area contributed by atoms with Gasteiger partial charge in [-0.1, -0.05) is 18.2 Å². The van der Waals surface area contributed by atoms with Gasteiger partial charge in [-0.3, -0.25) is 0 Å². The molecule has 1 N–H and O–H groups in total. The SMILES string of the molecule is Oc1ccccc1.[CH2-]C.[Na+]. The molecule has 50 valence electrons. The van der Waals surface area contributed by atoms with Crippen LogP contribution in [0.2, 0.25) is 0 Å². The van der Waals surface area contributed by atoms with Crippen LogP contribution in [0.15, 0.2) is 30.3 Å². The van der Waals surface area contributed by atoms with E-state index in [9.17, 15) is 0 Å². The smallest absolute Gasteiger partial charge is 0.508 e. The second-order valence-corrected chi connectivity index (χ2v) is 1.34. The molecular weight excluding hydrogens is 135 g/mol. The fourth-order valence-electron chi connectivity index (χ4n) is 0.428. The van der Waals surface area contributed by atoms with E-state index in [-0.39, 0.29) is 29.6 Å². The van der Waals surface area contributed by atoms with Crippen molar-refractivity contribution in [2.75, 3.05) is 0 Å². The summed E-state index contributed by atoms with van der Waals surface area (Å²) < 4.78 is 0. The molecule has 10 heavy (non-hydrogen) atoms. The van der Waals surface area contributed by atoms with E-state index < -0.39 is 0 Å².